The molecule has 0 bridgehead atoms. The van der Waals surface area contributed by atoms with Crippen molar-refractivity contribution < 1.29 is 4.74 Å². The molecule has 2 heterocycles. The summed E-state index contributed by atoms with van der Waals surface area (Å²) >= 11 is 1.98. The number of nitrogens with one attached hydrogen (secondary N) is 1. The number of thiophene rings is 1. The Bertz CT molecular complexity index is 390. The highest BCUT2D eigenvalue weighted by Gasteiger charge is 2.33. The van der Waals surface area contributed by atoms with Crippen LogP contribution in [0.2, 0.25) is 0 Å². The van der Waals surface area contributed by atoms with Crippen LogP contribution in [0, 0.1) is 5.92 Å². The monoisotopic (exact) mass is 295 g/mol. The van der Waals surface area contributed by atoms with E-state index in [4.69, 9.17) is 4.74 Å². The number of hydrogen-bond acceptors (Lipinski definition) is 3. The Hall–Kier alpha value is -0.380. The van der Waals surface area contributed by atoms with E-state index in [0.717, 1.165) is 32.4 Å². The second-order valence-corrected chi connectivity index (χ2v) is 7.01. The van der Waals surface area contributed by atoms with Crippen LogP contribution in [0.5, 0.6) is 0 Å². The number of rotatable bonds is 8. The largest absolute Gasteiger partial charge is 0.378 e. The van der Waals surface area contributed by atoms with Crippen LogP contribution >= 0.6 is 11.3 Å². The maximum Gasteiger partial charge on any atom is 0.0616 e. The van der Waals surface area contributed by atoms with Crippen LogP contribution in [0.4, 0.5) is 0 Å². The van der Waals surface area contributed by atoms with Gasteiger partial charge in [-0.05, 0) is 50.8 Å². The van der Waals surface area contributed by atoms with Gasteiger partial charge in [0, 0.05) is 28.3 Å². The summed E-state index contributed by atoms with van der Waals surface area (Å²) in [7, 11) is 0. The van der Waals surface area contributed by atoms with Crippen LogP contribution in [-0.4, -0.2) is 25.3 Å². The van der Waals surface area contributed by atoms with E-state index in [0.29, 0.717) is 18.1 Å². The lowest BCUT2D eigenvalue weighted by molar-refractivity contribution is 0.0775. The van der Waals surface area contributed by atoms with E-state index in [1.54, 1.807) is 0 Å². The lowest BCUT2D eigenvalue weighted by Crippen LogP contribution is -2.41. The number of hydrogen-bond donors (Lipinski definition) is 1. The van der Waals surface area contributed by atoms with Gasteiger partial charge in [0.2, 0.25) is 0 Å². The molecule has 1 aliphatic heterocycles. The van der Waals surface area contributed by atoms with Crippen LogP contribution in [0.25, 0.3) is 0 Å². The maximum absolute atomic E-state index is 5.90. The van der Waals surface area contributed by atoms with Crippen molar-refractivity contribution in [1.82, 2.24) is 5.32 Å². The molecular weight excluding hydrogens is 266 g/mol. The quantitative estimate of drug-likeness (QED) is 0.781. The first-order valence-electron chi connectivity index (χ1n) is 8.21. The molecule has 1 aliphatic rings. The third kappa shape index (κ3) is 4.06. The summed E-state index contributed by atoms with van der Waals surface area (Å²) in [6, 6.07) is 5.19. The van der Waals surface area contributed by atoms with Gasteiger partial charge in [-0.1, -0.05) is 20.8 Å². The molecule has 0 aliphatic carbocycles. The Morgan fingerprint density at radius 1 is 1.30 bits per heavy atom. The van der Waals surface area contributed by atoms with E-state index in [2.05, 4.69) is 38.2 Å². The van der Waals surface area contributed by atoms with Crippen molar-refractivity contribution in [3.8, 4) is 0 Å². The third-order valence-corrected chi connectivity index (χ3v) is 5.58. The summed E-state index contributed by atoms with van der Waals surface area (Å²) in [5.41, 5.74) is 0. The molecule has 1 aromatic rings. The highest BCUT2D eigenvalue weighted by Crippen LogP contribution is 2.29. The SMILES string of the molecule is CCCNC(Cc1ccc(CC)s1)C1CCOC1CC. The Morgan fingerprint density at radius 2 is 2.10 bits per heavy atom. The van der Waals surface area contributed by atoms with E-state index in [1.165, 1.54) is 22.6 Å². The lowest BCUT2D eigenvalue weighted by Gasteiger charge is -2.28. The molecule has 3 atom stereocenters. The molecule has 0 spiro atoms. The van der Waals surface area contributed by atoms with Crippen molar-refractivity contribution in [2.75, 3.05) is 13.2 Å². The Kier molecular flexibility index (Phi) is 6.53. The Labute approximate surface area is 127 Å². The fourth-order valence-electron chi connectivity index (χ4n) is 3.19. The second kappa shape index (κ2) is 8.16. The van der Waals surface area contributed by atoms with Crippen LogP contribution in [-0.2, 0) is 17.6 Å². The van der Waals surface area contributed by atoms with Crippen molar-refractivity contribution in [3.63, 3.8) is 0 Å². The van der Waals surface area contributed by atoms with Crippen LogP contribution in [0.1, 0.15) is 49.8 Å². The van der Waals surface area contributed by atoms with Gasteiger partial charge in [0.25, 0.3) is 0 Å². The van der Waals surface area contributed by atoms with Gasteiger partial charge in [-0.15, -0.1) is 11.3 Å². The minimum Gasteiger partial charge on any atom is -0.378 e. The molecule has 20 heavy (non-hydrogen) atoms. The van der Waals surface area contributed by atoms with Crippen LogP contribution in [0.15, 0.2) is 12.1 Å². The molecule has 1 saturated heterocycles. The molecule has 114 valence electrons. The van der Waals surface area contributed by atoms with Gasteiger partial charge in [-0.25, -0.2) is 0 Å². The Morgan fingerprint density at radius 3 is 2.75 bits per heavy atom. The number of aryl methyl sites for hydroxylation is 1. The summed E-state index contributed by atoms with van der Waals surface area (Å²) in [5, 5.41) is 3.78. The highest BCUT2D eigenvalue weighted by molar-refractivity contribution is 7.11. The summed E-state index contributed by atoms with van der Waals surface area (Å²) in [5.74, 6) is 0.679. The minimum absolute atomic E-state index is 0.454. The first kappa shape index (κ1) is 16.0. The molecule has 0 aromatic carbocycles. The van der Waals surface area contributed by atoms with Gasteiger partial charge < -0.3 is 10.1 Å². The number of ether oxygens (including phenoxy) is 1. The maximum atomic E-state index is 5.90. The zero-order chi connectivity index (χ0) is 14.4. The Balaban J connectivity index is 2.02. The molecule has 2 rings (SSSR count). The molecule has 2 nitrogen and oxygen atoms in total. The summed E-state index contributed by atoms with van der Waals surface area (Å²) in [6.07, 6.45) is 6.32. The third-order valence-electron chi connectivity index (χ3n) is 4.32. The average molecular weight is 295 g/mol. The van der Waals surface area contributed by atoms with Crippen molar-refractivity contribution in [1.29, 1.82) is 0 Å². The second-order valence-electron chi connectivity index (χ2n) is 5.76. The molecule has 3 unspecified atom stereocenters. The average Bonchev–Trinajstić information content (AvgIpc) is 3.11. The molecule has 3 heteroatoms. The van der Waals surface area contributed by atoms with E-state index in [1.807, 2.05) is 11.3 Å². The van der Waals surface area contributed by atoms with Crippen molar-refractivity contribution >= 4 is 11.3 Å². The van der Waals surface area contributed by atoms with Gasteiger partial charge in [0.1, 0.15) is 0 Å². The van der Waals surface area contributed by atoms with Gasteiger partial charge in [0.15, 0.2) is 0 Å². The zero-order valence-electron chi connectivity index (χ0n) is 13.2. The molecule has 1 aromatic heterocycles. The summed E-state index contributed by atoms with van der Waals surface area (Å²) < 4.78 is 5.90. The van der Waals surface area contributed by atoms with Crippen molar-refractivity contribution in [3.05, 3.63) is 21.9 Å². The van der Waals surface area contributed by atoms with E-state index in [-0.39, 0.29) is 0 Å². The first-order chi connectivity index (χ1) is 9.78. The van der Waals surface area contributed by atoms with Gasteiger partial charge in [-0.2, -0.15) is 0 Å². The molecule has 0 radical (unpaired) electrons. The standard InChI is InChI=1S/C17H29NOS/c1-4-10-18-16(15-9-11-19-17(15)6-3)12-14-8-7-13(5-2)20-14/h7-8,15-18H,4-6,9-12H2,1-3H3. The topological polar surface area (TPSA) is 21.3 Å². The predicted octanol–water partition coefficient (Wildman–Crippen LogP) is 4.04. The van der Waals surface area contributed by atoms with E-state index < -0.39 is 0 Å². The van der Waals surface area contributed by atoms with Crippen molar-refractivity contribution in [2.45, 2.75) is 65.0 Å². The highest BCUT2D eigenvalue weighted by atomic mass is 32.1. The smallest absolute Gasteiger partial charge is 0.0616 e. The van der Waals surface area contributed by atoms with Crippen LogP contribution < -0.4 is 5.32 Å². The fraction of sp³-hybridized carbons (Fsp3) is 0.765. The molecule has 1 fully saturated rings. The summed E-state index contributed by atoms with van der Waals surface area (Å²) in [6.45, 7) is 8.79. The minimum atomic E-state index is 0.454. The van der Waals surface area contributed by atoms with E-state index in [9.17, 15) is 0 Å². The zero-order valence-corrected chi connectivity index (χ0v) is 14.0. The molecule has 0 saturated carbocycles. The van der Waals surface area contributed by atoms with Crippen LogP contribution in [0.3, 0.4) is 0 Å². The van der Waals surface area contributed by atoms with Crippen molar-refractivity contribution in [2.24, 2.45) is 5.92 Å². The van der Waals surface area contributed by atoms with Gasteiger partial charge >= 0.3 is 0 Å². The molecule has 0 amide bonds. The lowest BCUT2D eigenvalue weighted by atomic mass is 9.88. The normalized spacial score (nSPS) is 24.1. The fourth-order valence-corrected chi connectivity index (χ4v) is 4.21. The predicted molar refractivity (Wildman–Crippen MR) is 87.6 cm³/mol. The molecule has 1 N–H and O–H groups in total. The summed E-state index contributed by atoms with van der Waals surface area (Å²) in [4.78, 5) is 3.03. The first-order valence-corrected chi connectivity index (χ1v) is 9.02. The molecular formula is C17H29NOS. The van der Waals surface area contributed by atoms with Gasteiger partial charge in [-0.3, -0.25) is 0 Å². The van der Waals surface area contributed by atoms with E-state index >= 15 is 0 Å². The van der Waals surface area contributed by atoms with Gasteiger partial charge in [0.05, 0.1) is 6.10 Å².